The first-order valence-electron chi connectivity index (χ1n) is 10.9. The maximum Gasteiger partial charge on any atom is 0.409 e. The van der Waals surface area contributed by atoms with Crippen molar-refractivity contribution in [1.82, 2.24) is 21.3 Å². The maximum absolute atomic E-state index is 11.2. The van der Waals surface area contributed by atoms with Gasteiger partial charge < -0.3 is 30.7 Å². The zero-order chi connectivity index (χ0) is 25.5. The van der Waals surface area contributed by atoms with Crippen LogP contribution in [-0.2, 0) is 19.1 Å². The highest BCUT2D eigenvalue weighted by Gasteiger charge is 2.16. The maximum atomic E-state index is 11.2. The number of hydrogen-bond acceptors (Lipinski definition) is 6. The third kappa shape index (κ3) is 22.2. The molecule has 0 aromatic heterocycles. The highest BCUT2D eigenvalue weighted by Crippen LogP contribution is 2.06. The van der Waals surface area contributed by atoms with E-state index in [0.29, 0.717) is 19.5 Å². The van der Waals surface area contributed by atoms with Gasteiger partial charge in [-0.05, 0) is 48.0 Å². The van der Waals surface area contributed by atoms with E-state index in [-0.39, 0.29) is 30.3 Å². The van der Waals surface area contributed by atoms with E-state index in [4.69, 9.17) is 9.47 Å². The predicted octanol–water partition coefficient (Wildman–Crippen LogP) is 2.91. The first kappa shape index (κ1) is 31.7. The van der Waals surface area contributed by atoms with Gasteiger partial charge in [-0.15, -0.1) is 0 Å². The number of carbonyl (C=O) groups is 4. The molecule has 0 aliphatic carbocycles. The lowest BCUT2D eigenvalue weighted by Crippen LogP contribution is -2.41. The molecule has 0 aliphatic heterocycles. The summed E-state index contributed by atoms with van der Waals surface area (Å²) in [5.41, 5.74) is -0.998. The second-order valence-corrected chi connectivity index (χ2v) is 9.78. The summed E-state index contributed by atoms with van der Waals surface area (Å²) in [6.07, 6.45) is -0.267. The van der Waals surface area contributed by atoms with Gasteiger partial charge in [-0.2, -0.15) is 0 Å². The lowest BCUT2D eigenvalue weighted by molar-refractivity contribution is -0.124. The van der Waals surface area contributed by atoms with Crippen LogP contribution < -0.4 is 21.3 Å². The molecular formula is C22H44N4O6. The second kappa shape index (κ2) is 15.3. The normalized spacial score (nSPS) is 11.1. The number of nitrogens with one attached hydrogen (secondary N) is 4. The van der Waals surface area contributed by atoms with E-state index in [0.717, 1.165) is 0 Å². The highest BCUT2D eigenvalue weighted by molar-refractivity contribution is 5.78. The van der Waals surface area contributed by atoms with Gasteiger partial charge in [0.1, 0.15) is 11.2 Å². The standard InChI is InChI=1S/C12H24N2O3.C10H20N2O3/c1-9(2)10(15)13-7-6-8-14-11(16)17-12(3,4)5;1-7(2)8(13)11-6-12-9(14)15-10(3,4)5/h9H,6-8H2,1-5H3,(H,13,15)(H,14,16);7H,6H2,1-5H3,(H,11,13)(H,12,14). The number of carbonyl (C=O) groups excluding carboxylic acids is 4. The van der Waals surface area contributed by atoms with Crippen LogP contribution >= 0.6 is 0 Å². The summed E-state index contributed by atoms with van der Waals surface area (Å²) in [7, 11) is 0. The Morgan fingerprint density at radius 1 is 0.625 bits per heavy atom. The molecule has 32 heavy (non-hydrogen) atoms. The van der Waals surface area contributed by atoms with Gasteiger partial charge in [-0.3, -0.25) is 9.59 Å². The molecule has 0 aromatic carbocycles. The van der Waals surface area contributed by atoms with Gasteiger partial charge in [-0.1, -0.05) is 27.7 Å². The van der Waals surface area contributed by atoms with E-state index in [1.54, 1.807) is 34.6 Å². The van der Waals surface area contributed by atoms with Crippen molar-refractivity contribution < 1.29 is 28.7 Å². The van der Waals surface area contributed by atoms with Crippen LogP contribution in [0.4, 0.5) is 9.59 Å². The average Bonchev–Trinajstić information content (AvgIpc) is 2.58. The van der Waals surface area contributed by atoms with E-state index in [1.807, 2.05) is 34.6 Å². The molecule has 4 amide bonds. The minimum absolute atomic E-state index is 0.00573. The predicted molar refractivity (Wildman–Crippen MR) is 124 cm³/mol. The number of rotatable bonds is 8. The molecule has 188 valence electrons. The minimum atomic E-state index is -0.536. The largest absolute Gasteiger partial charge is 0.444 e. The van der Waals surface area contributed by atoms with Crippen molar-refractivity contribution in [2.45, 2.75) is 86.9 Å². The van der Waals surface area contributed by atoms with E-state index in [1.165, 1.54) is 0 Å². The van der Waals surface area contributed by atoms with Crippen LogP contribution in [0.1, 0.15) is 75.7 Å². The summed E-state index contributed by atoms with van der Waals surface area (Å²) in [5, 5.41) is 10.4. The molecule has 0 radical (unpaired) electrons. The fourth-order valence-corrected chi connectivity index (χ4v) is 1.73. The van der Waals surface area contributed by atoms with Crippen molar-refractivity contribution in [3.8, 4) is 0 Å². The summed E-state index contributed by atoms with van der Waals surface area (Å²) < 4.78 is 10.0. The van der Waals surface area contributed by atoms with Crippen molar-refractivity contribution >= 4 is 24.0 Å². The van der Waals surface area contributed by atoms with Crippen LogP contribution in [0.3, 0.4) is 0 Å². The molecule has 4 N–H and O–H groups in total. The fraction of sp³-hybridized carbons (Fsp3) is 0.818. The number of hydrogen-bond donors (Lipinski definition) is 4. The number of ether oxygens (including phenoxy) is 2. The SMILES string of the molecule is CC(C)C(=O)NCCCNC(=O)OC(C)(C)C.CC(C)C(=O)NCNC(=O)OC(C)(C)C. The van der Waals surface area contributed by atoms with Crippen molar-refractivity contribution in [3.63, 3.8) is 0 Å². The molecule has 0 unspecified atom stereocenters. The van der Waals surface area contributed by atoms with Gasteiger partial charge in [0.25, 0.3) is 0 Å². The minimum Gasteiger partial charge on any atom is -0.444 e. The molecule has 10 nitrogen and oxygen atoms in total. The zero-order valence-corrected chi connectivity index (χ0v) is 21.4. The van der Waals surface area contributed by atoms with Gasteiger partial charge in [-0.25, -0.2) is 9.59 Å². The molecule has 0 saturated heterocycles. The topological polar surface area (TPSA) is 135 Å². The number of amides is 4. The second-order valence-electron chi connectivity index (χ2n) is 9.78. The lowest BCUT2D eigenvalue weighted by atomic mass is 10.2. The van der Waals surface area contributed by atoms with Crippen LogP contribution in [0.15, 0.2) is 0 Å². The summed E-state index contributed by atoms with van der Waals surface area (Å²) in [4.78, 5) is 44.7. The third-order valence-electron chi connectivity index (χ3n) is 3.26. The molecule has 0 spiro atoms. The highest BCUT2D eigenvalue weighted by atomic mass is 16.6. The van der Waals surface area contributed by atoms with Crippen LogP contribution in [0.5, 0.6) is 0 Å². The van der Waals surface area contributed by atoms with Crippen LogP contribution in [0.25, 0.3) is 0 Å². The Morgan fingerprint density at radius 2 is 1.00 bits per heavy atom. The van der Waals surface area contributed by atoms with E-state index >= 15 is 0 Å². The molecule has 0 aromatic rings. The molecule has 0 saturated carbocycles. The van der Waals surface area contributed by atoms with E-state index in [2.05, 4.69) is 21.3 Å². The Kier molecular flexibility index (Phi) is 15.1. The Hall–Kier alpha value is -2.52. The van der Waals surface area contributed by atoms with Gasteiger partial charge in [0.2, 0.25) is 11.8 Å². The van der Waals surface area contributed by atoms with Crippen LogP contribution in [-0.4, -0.2) is 55.0 Å². The van der Waals surface area contributed by atoms with Crippen LogP contribution in [0, 0.1) is 11.8 Å². The molecule has 0 fully saturated rings. The molecule has 0 heterocycles. The third-order valence-corrected chi connectivity index (χ3v) is 3.26. The molecule has 0 rings (SSSR count). The zero-order valence-electron chi connectivity index (χ0n) is 21.4. The van der Waals surface area contributed by atoms with Crippen molar-refractivity contribution in [1.29, 1.82) is 0 Å². The first-order chi connectivity index (χ1) is 14.4. The van der Waals surface area contributed by atoms with Crippen molar-refractivity contribution in [3.05, 3.63) is 0 Å². The Bertz CT molecular complexity index is 592. The van der Waals surface area contributed by atoms with E-state index < -0.39 is 23.4 Å². The van der Waals surface area contributed by atoms with Crippen molar-refractivity contribution in [2.24, 2.45) is 11.8 Å². The summed E-state index contributed by atoms with van der Waals surface area (Å²) in [6, 6.07) is 0. The van der Waals surface area contributed by atoms with Gasteiger partial charge in [0.05, 0.1) is 6.67 Å². The Balaban J connectivity index is 0. The van der Waals surface area contributed by atoms with Gasteiger partial charge >= 0.3 is 12.2 Å². The van der Waals surface area contributed by atoms with Gasteiger partial charge in [0, 0.05) is 24.9 Å². The summed E-state index contributed by atoms with van der Waals surface area (Å²) in [6.45, 7) is 19.2. The Labute approximate surface area is 192 Å². The van der Waals surface area contributed by atoms with E-state index in [9.17, 15) is 19.2 Å². The monoisotopic (exact) mass is 460 g/mol. The lowest BCUT2D eigenvalue weighted by Gasteiger charge is -2.19. The average molecular weight is 461 g/mol. The smallest absolute Gasteiger partial charge is 0.409 e. The molecule has 0 bridgehead atoms. The first-order valence-corrected chi connectivity index (χ1v) is 10.9. The fourth-order valence-electron chi connectivity index (χ4n) is 1.73. The summed E-state index contributed by atoms with van der Waals surface area (Å²) >= 11 is 0. The number of alkyl carbamates (subject to hydrolysis) is 2. The summed E-state index contributed by atoms with van der Waals surface area (Å²) in [5.74, 6) is -0.174. The Morgan fingerprint density at radius 3 is 1.41 bits per heavy atom. The van der Waals surface area contributed by atoms with Gasteiger partial charge in [0.15, 0.2) is 0 Å². The van der Waals surface area contributed by atoms with Crippen LogP contribution in [0.2, 0.25) is 0 Å². The molecule has 0 atom stereocenters. The van der Waals surface area contributed by atoms with Crippen molar-refractivity contribution in [2.75, 3.05) is 19.8 Å². The molecule has 10 heteroatoms. The molecular weight excluding hydrogens is 416 g/mol. The quantitative estimate of drug-likeness (QED) is 0.325. The molecule has 0 aliphatic rings.